The maximum atomic E-state index is 13.0. The number of amides is 1. The van der Waals surface area contributed by atoms with E-state index in [1.807, 2.05) is 6.92 Å². The molecule has 32 heavy (non-hydrogen) atoms. The lowest BCUT2D eigenvalue weighted by Gasteiger charge is -2.31. The molecule has 0 spiro atoms. The number of hydrogen-bond acceptors (Lipinski definition) is 5. The zero-order valence-corrected chi connectivity index (χ0v) is 20.1. The number of methoxy groups -OCH3 is 1. The smallest absolute Gasteiger partial charge is 0.337 e. The number of carbonyl (C=O) groups is 2. The summed E-state index contributed by atoms with van der Waals surface area (Å²) in [5.41, 5.74) is 2.13. The van der Waals surface area contributed by atoms with Crippen LogP contribution in [0, 0.1) is 12.8 Å². The molecule has 3 rings (SSSR count). The summed E-state index contributed by atoms with van der Waals surface area (Å²) in [7, 11) is -2.36. The van der Waals surface area contributed by atoms with E-state index in [0.717, 1.165) is 5.56 Å². The first kappa shape index (κ1) is 24.5. The van der Waals surface area contributed by atoms with Crippen molar-refractivity contribution in [2.75, 3.05) is 25.5 Å². The Morgan fingerprint density at radius 2 is 1.91 bits per heavy atom. The van der Waals surface area contributed by atoms with E-state index in [4.69, 9.17) is 27.9 Å². The molecule has 1 aliphatic heterocycles. The number of nitrogens with zero attached hydrogens (tertiary/aromatic N) is 1. The number of rotatable bonds is 6. The zero-order chi connectivity index (χ0) is 23.5. The van der Waals surface area contributed by atoms with Gasteiger partial charge in [0.25, 0.3) is 0 Å². The maximum Gasteiger partial charge on any atom is 0.337 e. The average molecular weight is 499 g/mol. The van der Waals surface area contributed by atoms with Crippen LogP contribution in [0.3, 0.4) is 0 Å². The molecule has 7 nitrogen and oxygen atoms in total. The van der Waals surface area contributed by atoms with Crippen LogP contribution in [0.2, 0.25) is 10.0 Å². The van der Waals surface area contributed by atoms with Gasteiger partial charge >= 0.3 is 5.97 Å². The normalized spacial score (nSPS) is 17.1. The molecule has 0 saturated carbocycles. The first-order chi connectivity index (χ1) is 15.1. The lowest BCUT2D eigenvalue weighted by molar-refractivity contribution is -0.120. The molecule has 1 fully saturated rings. The van der Waals surface area contributed by atoms with Gasteiger partial charge in [0.15, 0.2) is 0 Å². The van der Waals surface area contributed by atoms with Crippen LogP contribution in [0.1, 0.15) is 34.3 Å². The molecule has 2 aromatic rings. The molecule has 1 saturated heterocycles. The van der Waals surface area contributed by atoms with Gasteiger partial charge in [-0.15, -0.1) is 0 Å². The molecule has 0 aromatic heterocycles. The van der Waals surface area contributed by atoms with Gasteiger partial charge in [-0.25, -0.2) is 17.5 Å². The molecular weight excluding hydrogens is 475 g/mol. The van der Waals surface area contributed by atoms with E-state index in [0.29, 0.717) is 46.2 Å². The summed E-state index contributed by atoms with van der Waals surface area (Å²) in [5, 5.41) is 3.48. The maximum absolute atomic E-state index is 13.0. The topological polar surface area (TPSA) is 92.8 Å². The number of anilines is 1. The van der Waals surface area contributed by atoms with Crippen molar-refractivity contribution in [2.24, 2.45) is 5.92 Å². The van der Waals surface area contributed by atoms with Gasteiger partial charge in [-0.1, -0.05) is 35.3 Å². The van der Waals surface area contributed by atoms with Gasteiger partial charge in [0.05, 0.1) is 34.4 Å². The summed E-state index contributed by atoms with van der Waals surface area (Å²) in [6, 6.07) is 9.61. The van der Waals surface area contributed by atoms with Crippen LogP contribution in [0.4, 0.5) is 5.69 Å². The van der Waals surface area contributed by atoms with Crippen molar-refractivity contribution in [1.82, 2.24) is 4.31 Å². The molecule has 0 bridgehead atoms. The molecule has 1 aliphatic rings. The Bertz CT molecular complexity index is 1140. The number of carbonyl (C=O) groups excluding carboxylic acids is 2. The monoisotopic (exact) mass is 498 g/mol. The summed E-state index contributed by atoms with van der Waals surface area (Å²) in [6.07, 6.45) is 1.14. The molecule has 1 amide bonds. The lowest BCUT2D eigenvalue weighted by Crippen LogP contribution is -2.44. The number of esters is 1. The Labute approximate surface area is 197 Å². The van der Waals surface area contributed by atoms with E-state index in [9.17, 15) is 18.0 Å². The van der Waals surface area contributed by atoms with Crippen LogP contribution in [-0.4, -0.2) is 44.8 Å². The van der Waals surface area contributed by atoms with Crippen LogP contribution in [-0.2, 0) is 25.3 Å². The van der Waals surface area contributed by atoms with E-state index in [1.54, 1.807) is 30.3 Å². The second-order valence-electron chi connectivity index (χ2n) is 7.71. The van der Waals surface area contributed by atoms with Gasteiger partial charge < -0.3 is 10.1 Å². The summed E-state index contributed by atoms with van der Waals surface area (Å²) < 4.78 is 32.0. The van der Waals surface area contributed by atoms with E-state index in [-0.39, 0.29) is 18.2 Å². The van der Waals surface area contributed by atoms with Gasteiger partial charge in [-0.2, -0.15) is 0 Å². The molecule has 1 N–H and O–H groups in total. The Kier molecular flexibility index (Phi) is 7.82. The third kappa shape index (κ3) is 5.81. The molecule has 10 heteroatoms. The van der Waals surface area contributed by atoms with Crippen LogP contribution in [0.15, 0.2) is 36.4 Å². The summed E-state index contributed by atoms with van der Waals surface area (Å²) in [4.78, 5) is 24.7. The molecule has 0 aliphatic carbocycles. The predicted molar refractivity (Wildman–Crippen MR) is 125 cm³/mol. The lowest BCUT2D eigenvalue weighted by atomic mass is 9.98. The van der Waals surface area contributed by atoms with Gasteiger partial charge in [-0.3, -0.25) is 4.79 Å². The number of sulfonamides is 1. The number of aryl methyl sites for hydroxylation is 1. The van der Waals surface area contributed by atoms with Gasteiger partial charge in [0.1, 0.15) is 0 Å². The van der Waals surface area contributed by atoms with Crippen molar-refractivity contribution in [3.05, 3.63) is 63.1 Å². The van der Waals surface area contributed by atoms with Gasteiger partial charge in [0.2, 0.25) is 15.9 Å². The number of halogens is 2. The van der Waals surface area contributed by atoms with Crippen molar-refractivity contribution in [3.63, 3.8) is 0 Å². The summed E-state index contributed by atoms with van der Waals surface area (Å²) >= 11 is 11.9. The standard InChI is InChI=1S/C22H24Cl2N2O5S/c1-14-5-7-16(22(28)31-2)11-20(14)25-21(27)17-4-3-9-26(12-17)32(29,30)13-15-6-8-18(23)19(24)10-15/h5-8,10-11,17H,3-4,9,12-13H2,1-2H3,(H,25,27)/t17-/m1/s1. The second-order valence-corrected chi connectivity index (χ2v) is 10.5. The Morgan fingerprint density at radius 3 is 2.59 bits per heavy atom. The highest BCUT2D eigenvalue weighted by Gasteiger charge is 2.32. The number of ether oxygens (including phenoxy) is 1. The fraction of sp³-hybridized carbons (Fsp3) is 0.364. The first-order valence-corrected chi connectivity index (χ1v) is 12.4. The quantitative estimate of drug-likeness (QED) is 0.600. The highest BCUT2D eigenvalue weighted by atomic mass is 35.5. The fourth-order valence-corrected chi connectivity index (χ4v) is 5.50. The SMILES string of the molecule is COC(=O)c1ccc(C)c(NC(=O)[C@@H]2CCCN(S(=O)(=O)Cc3ccc(Cl)c(Cl)c3)C2)c1. The number of benzene rings is 2. The van der Waals surface area contributed by atoms with Crippen LogP contribution in [0.5, 0.6) is 0 Å². The van der Waals surface area contributed by atoms with Crippen LogP contribution >= 0.6 is 23.2 Å². The largest absolute Gasteiger partial charge is 0.465 e. The fourth-order valence-electron chi connectivity index (χ4n) is 3.58. The number of piperidine rings is 1. The zero-order valence-electron chi connectivity index (χ0n) is 17.7. The molecule has 0 radical (unpaired) electrons. The van der Waals surface area contributed by atoms with Crippen LogP contribution < -0.4 is 5.32 Å². The molecular formula is C22H24Cl2N2O5S. The van der Waals surface area contributed by atoms with E-state index >= 15 is 0 Å². The Morgan fingerprint density at radius 1 is 1.16 bits per heavy atom. The highest BCUT2D eigenvalue weighted by Crippen LogP contribution is 2.27. The molecule has 0 unspecified atom stereocenters. The number of hydrogen-bond donors (Lipinski definition) is 1. The number of nitrogens with one attached hydrogen (secondary N) is 1. The Balaban J connectivity index is 1.70. The average Bonchev–Trinajstić information content (AvgIpc) is 2.77. The predicted octanol–water partition coefficient (Wildman–Crippen LogP) is 4.27. The summed E-state index contributed by atoms with van der Waals surface area (Å²) in [5.74, 6) is -1.52. The van der Waals surface area contributed by atoms with E-state index < -0.39 is 21.9 Å². The van der Waals surface area contributed by atoms with Gasteiger partial charge in [0, 0.05) is 18.8 Å². The first-order valence-electron chi connectivity index (χ1n) is 10.0. The second kappa shape index (κ2) is 10.2. The van der Waals surface area contributed by atoms with Crippen molar-refractivity contribution < 1.29 is 22.7 Å². The van der Waals surface area contributed by atoms with Crippen molar-refractivity contribution in [1.29, 1.82) is 0 Å². The minimum atomic E-state index is -3.64. The van der Waals surface area contributed by atoms with Gasteiger partial charge in [-0.05, 0) is 55.2 Å². The minimum Gasteiger partial charge on any atom is -0.465 e. The van der Waals surface area contributed by atoms with Crippen molar-refractivity contribution in [2.45, 2.75) is 25.5 Å². The molecule has 1 atom stereocenters. The van der Waals surface area contributed by atoms with Crippen LogP contribution in [0.25, 0.3) is 0 Å². The third-order valence-corrected chi connectivity index (χ3v) is 7.95. The Hall–Kier alpha value is -2.13. The van der Waals surface area contributed by atoms with Crippen molar-refractivity contribution >= 4 is 50.8 Å². The third-order valence-electron chi connectivity index (χ3n) is 5.40. The minimum absolute atomic E-state index is 0.0885. The molecule has 172 valence electrons. The highest BCUT2D eigenvalue weighted by molar-refractivity contribution is 7.88. The summed E-state index contributed by atoms with van der Waals surface area (Å²) in [6.45, 7) is 2.25. The molecule has 1 heterocycles. The van der Waals surface area contributed by atoms with E-state index in [1.165, 1.54) is 17.5 Å². The van der Waals surface area contributed by atoms with Crippen molar-refractivity contribution in [3.8, 4) is 0 Å². The molecule has 2 aromatic carbocycles. The van der Waals surface area contributed by atoms with E-state index in [2.05, 4.69) is 5.32 Å².